The Balaban J connectivity index is 1.40. The maximum atomic E-state index is 13.4. The predicted octanol–water partition coefficient (Wildman–Crippen LogP) is 4.14. The quantitative estimate of drug-likeness (QED) is 0.411. The van der Waals surface area contributed by atoms with Crippen molar-refractivity contribution in [1.82, 2.24) is 20.6 Å². The van der Waals surface area contributed by atoms with E-state index in [4.69, 9.17) is 9.47 Å². The molecule has 0 unspecified atom stereocenters. The van der Waals surface area contributed by atoms with Crippen LogP contribution in [0.5, 0.6) is 23.1 Å². The number of carbonyl (C=O) groups is 2. The molecule has 0 saturated heterocycles. The molecule has 0 aliphatic heterocycles. The monoisotopic (exact) mass is 516 g/mol. The van der Waals surface area contributed by atoms with Gasteiger partial charge >= 0.3 is 6.18 Å². The van der Waals surface area contributed by atoms with Crippen LogP contribution >= 0.6 is 0 Å². The van der Waals surface area contributed by atoms with Gasteiger partial charge in [-0.3, -0.25) is 14.6 Å². The minimum atomic E-state index is -4.65. The highest BCUT2D eigenvalue weighted by Crippen LogP contribution is 2.40. The molecule has 12 heteroatoms. The maximum Gasteiger partial charge on any atom is 0.420 e. The van der Waals surface area contributed by atoms with E-state index in [0.717, 1.165) is 12.1 Å². The number of methoxy groups -OCH3 is 1. The third-order valence-electron chi connectivity index (χ3n) is 5.82. The van der Waals surface area contributed by atoms with Crippen LogP contribution in [0.3, 0.4) is 0 Å². The normalized spacial score (nSPS) is 14.8. The number of aromatic nitrogens is 2. The molecule has 3 N–H and O–H groups in total. The third kappa shape index (κ3) is 5.90. The number of rotatable bonds is 8. The van der Waals surface area contributed by atoms with Gasteiger partial charge in [0.1, 0.15) is 28.4 Å². The SMILES string of the molecule is COc1ccc(Oc2ccc([C@@H](C)NC(=O)C3(NC(=O)c4ccnc(O)c4)CC3)nc2)c(C(F)(F)F)c1. The average Bonchev–Trinajstić information content (AvgIpc) is 3.64. The zero-order valence-corrected chi connectivity index (χ0v) is 19.8. The fourth-order valence-electron chi connectivity index (χ4n) is 3.57. The first-order chi connectivity index (χ1) is 17.5. The smallest absolute Gasteiger partial charge is 0.420 e. The van der Waals surface area contributed by atoms with Gasteiger partial charge in [0.05, 0.1) is 25.0 Å². The van der Waals surface area contributed by atoms with Crippen molar-refractivity contribution in [2.45, 2.75) is 37.5 Å². The number of benzene rings is 1. The van der Waals surface area contributed by atoms with Crippen LogP contribution in [0.15, 0.2) is 54.9 Å². The van der Waals surface area contributed by atoms with Crippen LogP contribution in [0.4, 0.5) is 13.2 Å². The number of hydrogen-bond acceptors (Lipinski definition) is 7. The number of carbonyl (C=O) groups excluding carboxylic acids is 2. The molecule has 0 bridgehead atoms. The molecule has 0 spiro atoms. The van der Waals surface area contributed by atoms with E-state index in [1.165, 1.54) is 49.8 Å². The van der Waals surface area contributed by atoms with E-state index in [1.807, 2.05) is 0 Å². The second kappa shape index (κ2) is 9.96. The summed E-state index contributed by atoms with van der Waals surface area (Å²) in [5.41, 5.74) is -1.46. The minimum absolute atomic E-state index is 0.0428. The van der Waals surface area contributed by atoms with E-state index < -0.39 is 40.9 Å². The van der Waals surface area contributed by atoms with Crippen LogP contribution in [0, 0.1) is 0 Å². The van der Waals surface area contributed by atoms with Crippen molar-refractivity contribution in [3.8, 4) is 23.1 Å². The number of amides is 2. The number of hydrogen-bond donors (Lipinski definition) is 3. The van der Waals surface area contributed by atoms with Crippen molar-refractivity contribution >= 4 is 11.8 Å². The molecule has 1 saturated carbocycles. The lowest BCUT2D eigenvalue weighted by atomic mass is 10.1. The summed E-state index contributed by atoms with van der Waals surface area (Å²) >= 11 is 0. The molecule has 0 radical (unpaired) electrons. The minimum Gasteiger partial charge on any atom is -0.497 e. The number of halogens is 3. The molecule has 4 rings (SSSR count). The summed E-state index contributed by atoms with van der Waals surface area (Å²) in [7, 11) is 1.27. The van der Waals surface area contributed by atoms with Gasteiger partial charge in [0.25, 0.3) is 5.91 Å². The lowest BCUT2D eigenvalue weighted by Gasteiger charge is -2.21. The van der Waals surface area contributed by atoms with Crippen LogP contribution in [0.25, 0.3) is 0 Å². The van der Waals surface area contributed by atoms with E-state index in [-0.39, 0.29) is 22.9 Å². The fraction of sp³-hybridized carbons (Fsp3) is 0.280. The first-order valence-electron chi connectivity index (χ1n) is 11.2. The lowest BCUT2D eigenvalue weighted by molar-refractivity contribution is -0.138. The molecule has 194 valence electrons. The molecule has 1 fully saturated rings. The Labute approximate surface area is 209 Å². The first kappa shape index (κ1) is 25.7. The van der Waals surface area contributed by atoms with Crippen molar-refractivity contribution < 1.29 is 37.3 Å². The number of aromatic hydroxyl groups is 1. The highest BCUT2D eigenvalue weighted by atomic mass is 19.4. The van der Waals surface area contributed by atoms with Gasteiger partial charge in [-0.05, 0) is 56.2 Å². The average molecular weight is 516 g/mol. The fourth-order valence-corrected chi connectivity index (χ4v) is 3.57. The third-order valence-corrected chi connectivity index (χ3v) is 5.82. The zero-order valence-electron chi connectivity index (χ0n) is 19.8. The van der Waals surface area contributed by atoms with Crippen molar-refractivity contribution in [2.24, 2.45) is 0 Å². The van der Waals surface area contributed by atoms with Crippen molar-refractivity contribution in [3.05, 3.63) is 71.7 Å². The van der Waals surface area contributed by atoms with Crippen LogP contribution in [-0.4, -0.2) is 39.5 Å². The second-order valence-electron chi connectivity index (χ2n) is 8.51. The molecule has 9 nitrogen and oxygen atoms in total. The molecule has 2 heterocycles. The van der Waals surface area contributed by atoms with E-state index in [1.54, 1.807) is 6.92 Å². The van der Waals surface area contributed by atoms with Crippen LogP contribution < -0.4 is 20.1 Å². The Morgan fingerprint density at radius 2 is 1.81 bits per heavy atom. The molecule has 3 aromatic rings. The molecule has 2 amide bonds. The van der Waals surface area contributed by atoms with Gasteiger partial charge in [-0.15, -0.1) is 0 Å². The van der Waals surface area contributed by atoms with Crippen molar-refractivity contribution in [1.29, 1.82) is 0 Å². The molecule has 1 aromatic carbocycles. The van der Waals surface area contributed by atoms with Crippen LogP contribution in [0.1, 0.15) is 47.4 Å². The Bertz CT molecular complexity index is 1310. The highest BCUT2D eigenvalue weighted by Gasteiger charge is 2.51. The Hall–Kier alpha value is -4.35. The summed E-state index contributed by atoms with van der Waals surface area (Å²) in [6, 6.07) is 8.38. The van der Waals surface area contributed by atoms with Gasteiger partial charge in [0.15, 0.2) is 0 Å². The van der Waals surface area contributed by atoms with E-state index in [2.05, 4.69) is 20.6 Å². The van der Waals surface area contributed by atoms with Gasteiger partial charge in [-0.25, -0.2) is 4.98 Å². The summed E-state index contributed by atoms with van der Waals surface area (Å²) in [6.45, 7) is 1.69. The molecular formula is C25H23F3N4O5. The zero-order chi connectivity index (χ0) is 26.8. The summed E-state index contributed by atoms with van der Waals surface area (Å²) in [6.07, 6.45) is -1.23. The molecule has 1 aliphatic rings. The lowest BCUT2D eigenvalue weighted by Crippen LogP contribution is -2.49. The van der Waals surface area contributed by atoms with E-state index >= 15 is 0 Å². The number of ether oxygens (including phenoxy) is 2. The van der Waals surface area contributed by atoms with Crippen molar-refractivity contribution in [2.75, 3.05) is 7.11 Å². The molecular weight excluding hydrogens is 493 g/mol. The predicted molar refractivity (Wildman–Crippen MR) is 124 cm³/mol. The molecule has 1 aliphatic carbocycles. The van der Waals surface area contributed by atoms with Crippen molar-refractivity contribution in [3.63, 3.8) is 0 Å². The molecule has 1 atom stereocenters. The summed E-state index contributed by atoms with van der Waals surface area (Å²) in [5.74, 6) is -1.52. The van der Waals surface area contributed by atoms with Gasteiger partial charge in [-0.2, -0.15) is 13.2 Å². The number of pyridine rings is 2. The van der Waals surface area contributed by atoms with Gasteiger partial charge < -0.3 is 25.2 Å². The van der Waals surface area contributed by atoms with Crippen LogP contribution in [0.2, 0.25) is 0 Å². The second-order valence-corrected chi connectivity index (χ2v) is 8.51. The molecule has 2 aromatic heterocycles. The first-order valence-corrected chi connectivity index (χ1v) is 11.2. The summed E-state index contributed by atoms with van der Waals surface area (Å²) < 4.78 is 50.5. The highest BCUT2D eigenvalue weighted by molar-refractivity contribution is 6.00. The van der Waals surface area contributed by atoms with E-state index in [0.29, 0.717) is 18.5 Å². The summed E-state index contributed by atoms with van der Waals surface area (Å²) in [4.78, 5) is 33.2. The number of nitrogens with zero attached hydrogens (tertiary/aromatic N) is 2. The van der Waals surface area contributed by atoms with Crippen LogP contribution in [-0.2, 0) is 11.0 Å². The Morgan fingerprint density at radius 3 is 2.41 bits per heavy atom. The largest absolute Gasteiger partial charge is 0.497 e. The van der Waals surface area contributed by atoms with E-state index in [9.17, 15) is 27.9 Å². The van der Waals surface area contributed by atoms with Gasteiger partial charge in [-0.1, -0.05) is 0 Å². The topological polar surface area (TPSA) is 123 Å². The Kier molecular flexibility index (Phi) is 6.92. The standard InChI is InChI=1S/C25H23F3N4O5/c1-14(31-23(35)24(8-9-24)32-22(34)15-7-10-29-21(33)11-15)19-5-3-17(13-30-19)37-20-6-4-16(36-2)12-18(20)25(26,27)28/h3-7,10-14H,8-9H2,1-2H3,(H,29,33)(H,31,35)(H,32,34)/t14-/m1/s1. The van der Waals surface area contributed by atoms with Gasteiger partial charge in [0.2, 0.25) is 11.8 Å². The Morgan fingerprint density at radius 1 is 1.08 bits per heavy atom. The maximum absolute atomic E-state index is 13.4. The number of alkyl halides is 3. The van der Waals surface area contributed by atoms with Gasteiger partial charge in [0, 0.05) is 17.8 Å². The number of nitrogens with one attached hydrogen (secondary N) is 2. The molecule has 37 heavy (non-hydrogen) atoms. The summed E-state index contributed by atoms with van der Waals surface area (Å²) in [5, 5.41) is 15.0.